The van der Waals surface area contributed by atoms with E-state index >= 15 is 0 Å². The van der Waals surface area contributed by atoms with Gasteiger partial charge in [-0.05, 0) is 24.3 Å². The number of ketones is 1. The van der Waals surface area contributed by atoms with E-state index in [1.165, 1.54) is 23.2 Å². The molecule has 9 heteroatoms. The monoisotopic (exact) mass is 422 g/mol. The molecule has 3 N–H and O–H groups in total. The number of amides is 3. The summed E-state index contributed by atoms with van der Waals surface area (Å²) in [5.74, 6) is -3.70. The lowest BCUT2D eigenvalue weighted by Crippen LogP contribution is -2.62. The second-order valence-corrected chi connectivity index (χ2v) is 7.23. The van der Waals surface area contributed by atoms with E-state index in [1.807, 2.05) is 0 Å². The van der Waals surface area contributed by atoms with Crippen molar-refractivity contribution in [2.75, 3.05) is 19.6 Å². The molecular weight excluding hydrogens is 403 g/mol. The number of Topliss-reactive ketones (excluding diaryl/α,β-unsaturated/α-hetero) is 1. The molecule has 31 heavy (non-hydrogen) atoms. The number of nitrogens with zero attached hydrogens (tertiary/aromatic N) is 2. The highest BCUT2D eigenvalue weighted by Gasteiger charge is 2.39. The number of carbonyl (C=O) groups is 4. The topological polar surface area (TPSA) is 117 Å². The van der Waals surface area contributed by atoms with Gasteiger partial charge in [-0.25, -0.2) is 4.39 Å². The normalized spacial score (nSPS) is 16.4. The molecule has 2 aromatic carbocycles. The van der Waals surface area contributed by atoms with Crippen LogP contribution in [0.4, 0.5) is 4.39 Å². The molecule has 3 amide bonds. The number of rotatable bonds is 4. The lowest BCUT2D eigenvalue weighted by molar-refractivity contribution is -0.138. The number of piperazine rings is 1. The van der Waals surface area contributed by atoms with Gasteiger partial charge < -0.3 is 20.5 Å². The summed E-state index contributed by atoms with van der Waals surface area (Å²) in [5.41, 5.74) is 6.18. The third-order valence-corrected chi connectivity index (χ3v) is 5.37. The molecule has 1 aliphatic heterocycles. The molecule has 3 aromatic rings. The van der Waals surface area contributed by atoms with Crippen LogP contribution in [0.1, 0.15) is 20.7 Å². The van der Waals surface area contributed by atoms with E-state index in [-0.39, 0.29) is 36.5 Å². The van der Waals surface area contributed by atoms with Crippen LogP contribution in [-0.4, -0.2) is 64.0 Å². The predicted molar refractivity (Wildman–Crippen MR) is 110 cm³/mol. The molecule has 1 fully saturated rings. The third kappa shape index (κ3) is 3.65. The van der Waals surface area contributed by atoms with Gasteiger partial charge in [-0.2, -0.15) is 0 Å². The Hall–Kier alpha value is -4.01. The molecule has 2 heterocycles. The van der Waals surface area contributed by atoms with Crippen molar-refractivity contribution in [3.63, 3.8) is 0 Å². The maximum atomic E-state index is 14.2. The van der Waals surface area contributed by atoms with Crippen molar-refractivity contribution < 1.29 is 23.6 Å². The molecule has 1 unspecified atom stereocenters. The number of benzene rings is 2. The largest absolute Gasteiger partial charge is 0.368 e. The molecule has 0 radical (unpaired) electrons. The van der Waals surface area contributed by atoms with Crippen molar-refractivity contribution >= 4 is 34.4 Å². The Kier molecular flexibility index (Phi) is 5.24. The minimum atomic E-state index is -1.17. The maximum absolute atomic E-state index is 14.2. The Bertz CT molecular complexity index is 1190. The third-order valence-electron chi connectivity index (χ3n) is 5.37. The highest BCUT2D eigenvalue weighted by molar-refractivity contribution is 6.45. The van der Waals surface area contributed by atoms with Crippen LogP contribution in [-0.2, 0) is 9.59 Å². The number of carbonyl (C=O) groups excluding carboxylic acids is 4. The standard InChI is InChI=1S/C22H19FN4O4/c23-15-7-4-8-16-18(15)14(11-25-16)19(28)22(31)27-10-9-26(12-17(27)20(24)29)21(30)13-5-2-1-3-6-13/h1-8,11,17,25H,9-10,12H2,(H2,24,29). The highest BCUT2D eigenvalue weighted by Crippen LogP contribution is 2.23. The number of hydrogen-bond acceptors (Lipinski definition) is 4. The van der Waals surface area contributed by atoms with Crippen LogP contribution in [0, 0.1) is 5.82 Å². The summed E-state index contributed by atoms with van der Waals surface area (Å²) in [6.45, 7) is -0.0648. The van der Waals surface area contributed by atoms with E-state index in [4.69, 9.17) is 5.73 Å². The zero-order valence-electron chi connectivity index (χ0n) is 16.4. The van der Waals surface area contributed by atoms with Crippen molar-refractivity contribution in [1.82, 2.24) is 14.8 Å². The first-order valence-corrected chi connectivity index (χ1v) is 9.63. The first kappa shape index (κ1) is 20.3. The van der Waals surface area contributed by atoms with Crippen LogP contribution in [0.15, 0.2) is 54.7 Å². The fourth-order valence-corrected chi connectivity index (χ4v) is 3.78. The summed E-state index contributed by atoms with van der Waals surface area (Å²) < 4.78 is 14.2. The zero-order valence-corrected chi connectivity index (χ0v) is 16.4. The Labute approximate surface area is 176 Å². The van der Waals surface area contributed by atoms with Crippen LogP contribution in [0.25, 0.3) is 10.9 Å². The van der Waals surface area contributed by atoms with E-state index in [0.717, 1.165) is 4.90 Å². The fourth-order valence-electron chi connectivity index (χ4n) is 3.78. The number of aromatic nitrogens is 1. The average Bonchev–Trinajstić information content (AvgIpc) is 3.23. The molecular formula is C22H19FN4O4. The molecule has 8 nitrogen and oxygen atoms in total. The Morgan fingerprint density at radius 1 is 1.00 bits per heavy atom. The second kappa shape index (κ2) is 8.02. The van der Waals surface area contributed by atoms with Gasteiger partial charge in [0.15, 0.2) is 0 Å². The predicted octanol–water partition coefficient (Wildman–Crippen LogP) is 1.33. The molecule has 4 rings (SSSR count). The fraction of sp³-hybridized carbons (Fsp3) is 0.182. The Morgan fingerprint density at radius 2 is 1.74 bits per heavy atom. The molecule has 1 atom stereocenters. The average molecular weight is 422 g/mol. The number of nitrogens with one attached hydrogen (secondary N) is 1. The number of H-pyrrole nitrogens is 1. The van der Waals surface area contributed by atoms with Gasteiger partial charge in [0.25, 0.3) is 17.6 Å². The second-order valence-electron chi connectivity index (χ2n) is 7.23. The van der Waals surface area contributed by atoms with Crippen molar-refractivity contribution in [3.8, 4) is 0 Å². The van der Waals surface area contributed by atoms with Crippen molar-refractivity contribution in [3.05, 3.63) is 71.7 Å². The first-order valence-electron chi connectivity index (χ1n) is 9.63. The van der Waals surface area contributed by atoms with E-state index in [9.17, 15) is 23.6 Å². The van der Waals surface area contributed by atoms with E-state index in [0.29, 0.717) is 11.1 Å². The maximum Gasteiger partial charge on any atom is 0.295 e. The first-order chi connectivity index (χ1) is 14.9. The molecule has 0 spiro atoms. The van der Waals surface area contributed by atoms with Gasteiger partial charge >= 0.3 is 0 Å². The van der Waals surface area contributed by atoms with Crippen LogP contribution >= 0.6 is 0 Å². The summed E-state index contributed by atoms with van der Waals surface area (Å²) in [6.07, 6.45) is 1.27. The minimum absolute atomic E-state index is 0.00867. The quantitative estimate of drug-likeness (QED) is 0.487. The molecule has 158 valence electrons. The number of primary amides is 1. The van der Waals surface area contributed by atoms with Crippen LogP contribution < -0.4 is 5.73 Å². The number of hydrogen-bond donors (Lipinski definition) is 2. The lowest BCUT2D eigenvalue weighted by atomic mass is 10.0. The summed E-state index contributed by atoms with van der Waals surface area (Å²) in [5, 5.41) is 0.00867. The van der Waals surface area contributed by atoms with E-state index in [1.54, 1.807) is 36.4 Å². The molecule has 1 aromatic heterocycles. The van der Waals surface area contributed by atoms with Gasteiger partial charge in [-0.3, -0.25) is 19.2 Å². The number of aromatic amines is 1. The van der Waals surface area contributed by atoms with Crippen LogP contribution in [0.2, 0.25) is 0 Å². The summed E-state index contributed by atoms with van der Waals surface area (Å²) in [7, 11) is 0. The molecule has 1 aliphatic rings. The van der Waals surface area contributed by atoms with Gasteiger partial charge in [0, 0.05) is 35.8 Å². The summed E-state index contributed by atoms with van der Waals surface area (Å²) >= 11 is 0. The zero-order chi connectivity index (χ0) is 22.1. The van der Waals surface area contributed by atoms with Gasteiger partial charge in [0.2, 0.25) is 5.91 Å². The van der Waals surface area contributed by atoms with Crippen LogP contribution in [0.5, 0.6) is 0 Å². The Morgan fingerprint density at radius 3 is 2.45 bits per heavy atom. The van der Waals surface area contributed by atoms with Crippen LogP contribution in [0.3, 0.4) is 0 Å². The minimum Gasteiger partial charge on any atom is -0.368 e. The smallest absolute Gasteiger partial charge is 0.295 e. The SMILES string of the molecule is NC(=O)C1CN(C(=O)c2ccccc2)CCN1C(=O)C(=O)c1c[nH]c2cccc(F)c12. The number of fused-ring (bicyclic) bond motifs is 1. The number of nitrogens with two attached hydrogens (primary N) is 1. The number of halogens is 1. The molecule has 0 bridgehead atoms. The molecule has 1 saturated heterocycles. The van der Waals surface area contributed by atoms with Gasteiger partial charge in [-0.15, -0.1) is 0 Å². The van der Waals surface area contributed by atoms with Gasteiger partial charge in [-0.1, -0.05) is 24.3 Å². The van der Waals surface area contributed by atoms with Gasteiger partial charge in [0.1, 0.15) is 11.9 Å². The summed E-state index contributed by atoms with van der Waals surface area (Å²) in [6, 6.07) is 11.6. The summed E-state index contributed by atoms with van der Waals surface area (Å²) in [4.78, 5) is 55.8. The highest BCUT2D eigenvalue weighted by atomic mass is 19.1. The van der Waals surface area contributed by atoms with Crippen molar-refractivity contribution in [2.24, 2.45) is 5.73 Å². The Balaban J connectivity index is 1.57. The van der Waals surface area contributed by atoms with E-state index < -0.39 is 29.5 Å². The van der Waals surface area contributed by atoms with Crippen molar-refractivity contribution in [2.45, 2.75) is 6.04 Å². The van der Waals surface area contributed by atoms with E-state index in [2.05, 4.69) is 4.98 Å². The molecule has 0 aliphatic carbocycles. The van der Waals surface area contributed by atoms with Gasteiger partial charge in [0.05, 0.1) is 12.1 Å². The molecule has 0 saturated carbocycles. The van der Waals surface area contributed by atoms with Crippen molar-refractivity contribution in [1.29, 1.82) is 0 Å². The lowest BCUT2D eigenvalue weighted by Gasteiger charge is -2.39.